The molecule has 112 valence electrons. The van der Waals surface area contributed by atoms with Gasteiger partial charge in [0.25, 0.3) is 0 Å². The Morgan fingerprint density at radius 3 is 1.83 bits per heavy atom. The summed E-state index contributed by atoms with van der Waals surface area (Å²) in [6.07, 6.45) is 2.02. The highest BCUT2D eigenvalue weighted by Gasteiger charge is 2.14. The number of aromatic carboxylic acids is 1. The van der Waals surface area contributed by atoms with Crippen LogP contribution in [0.5, 0.6) is 0 Å². The summed E-state index contributed by atoms with van der Waals surface area (Å²) in [6, 6.07) is 26.9. The van der Waals surface area contributed by atoms with Gasteiger partial charge in [0.05, 0.1) is 5.56 Å². The highest BCUT2D eigenvalue weighted by atomic mass is 16.4. The third kappa shape index (κ3) is 3.38. The van der Waals surface area contributed by atoms with Gasteiger partial charge in [-0.25, -0.2) is 4.79 Å². The average Bonchev–Trinajstić information content (AvgIpc) is 2.61. The van der Waals surface area contributed by atoms with Crippen LogP contribution in [0.25, 0.3) is 11.6 Å². The Morgan fingerprint density at radius 2 is 1.22 bits per heavy atom. The van der Waals surface area contributed by atoms with Crippen molar-refractivity contribution in [2.24, 2.45) is 0 Å². The molecule has 0 atom stereocenters. The van der Waals surface area contributed by atoms with E-state index < -0.39 is 5.97 Å². The van der Waals surface area contributed by atoms with Gasteiger partial charge >= 0.3 is 5.97 Å². The van der Waals surface area contributed by atoms with Crippen molar-refractivity contribution in [1.82, 2.24) is 0 Å². The topological polar surface area (TPSA) is 37.3 Å². The lowest BCUT2D eigenvalue weighted by atomic mass is 9.92. The number of carboxylic acid groups (broad SMARTS) is 1. The number of carbonyl (C=O) groups is 1. The molecule has 0 heterocycles. The van der Waals surface area contributed by atoms with Crippen LogP contribution >= 0.6 is 0 Å². The molecule has 0 aromatic heterocycles. The van der Waals surface area contributed by atoms with Gasteiger partial charge in [-0.05, 0) is 34.4 Å². The molecule has 0 fully saturated rings. The molecule has 0 saturated carbocycles. The van der Waals surface area contributed by atoms with Gasteiger partial charge < -0.3 is 5.11 Å². The second-order valence-electron chi connectivity index (χ2n) is 5.19. The summed E-state index contributed by atoms with van der Waals surface area (Å²) < 4.78 is 0. The number of benzene rings is 3. The second-order valence-corrected chi connectivity index (χ2v) is 5.19. The standard InChI is InChI=1S/C21H16O2/c22-21(23)19-14-8-7-13-18(19)20(17-11-5-2-6-12-17)15-16-9-3-1-4-10-16/h1-15H,(H,22,23)/b20-15-. The SMILES string of the molecule is O=C(O)c1ccccc1/C(=C\c1ccccc1)c1ccccc1. The smallest absolute Gasteiger partial charge is 0.336 e. The summed E-state index contributed by atoms with van der Waals surface area (Å²) in [7, 11) is 0. The van der Waals surface area contributed by atoms with Crippen LogP contribution in [0.3, 0.4) is 0 Å². The largest absolute Gasteiger partial charge is 0.478 e. The molecule has 0 aliphatic rings. The van der Waals surface area contributed by atoms with Crippen molar-refractivity contribution < 1.29 is 9.90 Å². The second kappa shape index (κ2) is 6.75. The van der Waals surface area contributed by atoms with E-state index in [0.717, 1.165) is 22.3 Å². The molecule has 0 aliphatic carbocycles. The molecule has 3 rings (SSSR count). The van der Waals surface area contributed by atoms with Crippen molar-refractivity contribution in [3.8, 4) is 0 Å². The first-order valence-electron chi connectivity index (χ1n) is 7.40. The predicted octanol–water partition coefficient (Wildman–Crippen LogP) is 4.97. The van der Waals surface area contributed by atoms with Crippen LogP contribution in [0.1, 0.15) is 27.0 Å². The van der Waals surface area contributed by atoms with Crippen molar-refractivity contribution in [3.05, 3.63) is 107 Å². The van der Waals surface area contributed by atoms with E-state index in [2.05, 4.69) is 0 Å². The van der Waals surface area contributed by atoms with E-state index in [1.807, 2.05) is 78.9 Å². The maximum atomic E-state index is 11.6. The number of hydrogen-bond donors (Lipinski definition) is 1. The lowest BCUT2D eigenvalue weighted by molar-refractivity contribution is 0.0696. The molecule has 3 aromatic rings. The van der Waals surface area contributed by atoms with E-state index in [9.17, 15) is 9.90 Å². The summed E-state index contributed by atoms with van der Waals surface area (Å²) in [5.74, 6) is -0.921. The lowest BCUT2D eigenvalue weighted by Crippen LogP contribution is -2.02. The van der Waals surface area contributed by atoms with Crippen molar-refractivity contribution in [1.29, 1.82) is 0 Å². The molecule has 0 unspecified atom stereocenters. The van der Waals surface area contributed by atoms with E-state index >= 15 is 0 Å². The molecule has 0 radical (unpaired) electrons. The minimum atomic E-state index is -0.921. The molecule has 1 N–H and O–H groups in total. The molecule has 0 bridgehead atoms. The summed E-state index contributed by atoms with van der Waals surface area (Å²) >= 11 is 0. The first-order valence-corrected chi connectivity index (χ1v) is 7.40. The highest BCUT2D eigenvalue weighted by Crippen LogP contribution is 2.28. The van der Waals surface area contributed by atoms with Crippen molar-refractivity contribution in [2.45, 2.75) is 0 Å². The van der Waals surface area contributed by atoms with E-state index in [0.29, 0.717) is 5.56 Å². The summed E-state index contributed by atoms with van der Waals surface area (Å²) in [4.78, 5) is 11.6. The first kappa shape index (κ1) is 14.8. The van der Waals surface area contributed by atoms with E-state index in [1.54, 1.807) is 12.1 Å². The molecular weight excluding hydrogens is 284 g/mol. The Bertz CT molecular complexity index is 834. The number of rotatable bonds is 4. The zero-order chi connectivity index (χ0) is 16.1. The van der Waals surface area contributed by atoms with Gasteiger partial charge in [-0.3, -0.25) is 0 Å². The zero-order valence-corrected chi connectivity index (χ0v) is 12.5. The van der Waals surface area contributed by atoms with Gasteiger partial charge in [0.2, 0.25) is 0 Å². The Balaban J connectivity index is 2.22. The summed E-state index contributed by atoms with van der Waals surface area (Å²) in [5, 5.41) is 9.50. The molecule has 0 spiro atoms. The maximum Gasteiger partial charge on any atom is 0.336 e. The maximum absolute atomic E-state index is 11.6. The molecule has 0 aliphatic heterocycles. The lowest BCUT2D eigenvalue weighted by Gasteiger charge is -2.12. The summed E-state index contributed by atoms with van der Waals surface area (Å²) in [5.41, 5.74) is 3.94. The fraction of sp³-hybridized carbons (Fsp3) is 0. The van der Waals surface area contributed by atoms with Crippen LogP contribution in [0, 0.1) is 0 Å². The molecule has 3 aromatic carbocycles. The van der Waals surface area contributed by atoms with Gasteiger partial charge in [-0.2, -0.15) is 0 Å². The Hall–Kier alpha value is -3.13. The number of carboxylic acids is 1. The molecule has 2 heteroatoms. The van der Waals surface area contributed by atoms with Crippen molar-refractivity contribution in [2.75, 3.05) is 0 Å². The van der Waals surface area contributed by atoms with Gasteiger partial charge in [-0.15, -0.1) is 0 Å². The highest BCUT2D eigenvalue weighted by molar-refractivity contribution is 6.00. The first-order chi connectivity index (χ1) is 11.3. The Kier molecular flexibility index (Phi) is 4.34. The Labute approximate surface area is 135 Å². The van der Waals surface area contributed by atoms with E-state index in [-0.39, 0.29) is 0 Å². The minimum Gasteiger partial charge on any atom is -0.478 e. The van der Waals surface area contributed by atoms with Crippen LogP contribution in [-0.2, 0) is 0 Å². The summed E-state index contributed by atoms with van der Waals surface area (Å²) in [6.45, 7) is 0. The normalized spacial score (nSPS) is 11.2. The molecule has 0 amide bonds. The molecule has 0 saturated heterocycles. The van der Waals surface area contributed by atoms with E-state index in [1.165, 1.54) is 0 Å². The molecular formula is C21H16O2. The Morgan fingerprint density at radius 1 is 0.696 bits per heavy atom. The van der Waals surface area contributed by atoms with Crippen LogP contribution in [0.15, 0.2) is 84.9 Å². The van der Waals surface area contributed by atoms with E-state index in [4.69, 9.17) is 0 Å². The van der Waals surface area contributed by atoms with Crippen molar-refractivity contribution >= 4 is 17.6 Å². The van der Waals surface area contributed by atoms with Gasteiger partial charge in [-0.1, -0.05) is 78.9 Å². The third-order valence-corrected chi connectivity index (χ3v) is 3.64. The van der Waals surface area contributed by atoms with Crippen LogP contribution < -0.4 is 0 Å². The fourth-order valence-electron chi connectivity index (χ4n) is 2.55. The van der Waals surface area contributed by atoms with Crippen LogP contribution in [0.4, 0.5) is 0 Å². The van der Waals surface area contributed by atoms with Gasteiger partial charge in [0.15, 0.2) is 0 Å². The third-order valence-electron chi connectivity index (χ3n) is 3.64. The van der Waals surface area contributed by atoms with Crippen LogP contribution in [0.2, 0.25) is 0 Å². The van der Waals surface area contributed by atoms with Gasteiger partial charge in [0, 0.05) is 0 Å². The molecule has 23 heavy (non-hydrogen) atoms. The van der Waals surface area contributed by atoms with Gasteiger partial charge in [0.1, 0.15) is 0 Å². The molecule has 2 nitrogen and oxygen atoms in total. The monoisotopic (exact) mass is 300 g/mol. The minimum absolute atomic E-state index is 0.304. The van der Waals surface area contributed by atoms with Crippen LogP contribution in [-0.4, -0.2) is 11.1 Å². The average molecular weight is 300 g/mol. The zero-order valence-electron chi connectivity index (χ0n) is 12.5. The number of hydrogen-bond acceptors (Lipinski definition) is 1. The fourth-order valence-corrected chi connectivity index (χ4v) is 2.55. The predicted molar refractivity (Wildman–Crippen MR) is 93.3 cm³/mol. The quantitative estimate of drug-likeness (QED) is 0.690. The van der Waals surface area contributed by atoms with Crippen molar-refractivity contribution in [3.63, 3.8) is 0 Å².